The van der Waals surface area contributed by atoms with Gasteiger partial charge < -0.3 is 10.1 Å². The third-order valence-corrected chi connectivity index (χ3v) is 2.40. The Morgan fingerprint density at radius 1 is 1.60 bits per heavy atom. The summed E-state index contributed by atoms with van der Waals surface area (Å²) in [6.07, 6.45) is 1.67. The van der Waals surface area contributed by atoms with Crippen LogP contribution in [0.15, 0.2) is 4.79 Å². The molecule has 5 heteroatoms. The first-order valence-electron chi connectivity index (χ1n) is 4.43. The van der Waals surface area contributed by atoms with E-state index in [0.717, 1.165) is 12.8 Å². The normalized spacial score (nSPS) is 14.3. The van der Waals surface area contributed by atoms with E-state index in [1.165, 1.54) is 0 Å². The van der Waals surface area contributed by atoms with Crippen molar-refractivity contribution in [2.45, 2.75) is 18.8 Å². The standard InChI is InChI=1S/C10H7N3O2/c1-12-8-7(5-2-3-5)6(4-11)9(14)13-10(8)15/h5H,2-3H2,(H2,13,14,15)/p-1. The van der Waals surface area contributed by atoms with E-state index in [1.54, 1.807) is 6.07 Å². The first kappa shape index (κ1) is 9.29. The number of hydrogen-bond acceptors (Lipinski definition) is 3. The second-order valence-electron chi connectivity index (χ2n) is 3.42. The average molecular weight is 200 g/mol. The molecule has 1 saturated carbocycles. The van der Waals surface area contributed by atoms with E-state index in [1.807, 2.05) is 4.98 Å². The molecule has 5 nitrogen and oxygen atoms in total. The summed E-state index contributed by atoms with van der Waals surface area (Å²) in [7, 11) is 0. The molecule has 0 unspecified atom stereocenters. The molecule has 0 amide bonds. The van der Waals surface area contributed by atoms with Crippen molar-refractivity contribution in [2.24, 2.45) is 0 Å². The van der Waals surface area contributed by atoms with Gasteiger partial charge in [-0.3, -0.25) is 4.79 Å². The Kier molecular flexibility index (Phi) is 1.95. The van der Waals surface area contributed by atoms with Gasteiger partial charge in [0, 0.05) is 0 Å². The van der Waals surface area contributed by atoms with Crippen LogP contribution in [0.25, 0.3) is 4.85 Å². The molecule has 1 aliphatic carbocycles. The second-order valence-corrected chi connectivity index (χ2v) is 3.42. The van der Waals surface area contributed by atoms with Crippen LogP contribution in [0.1, 0.15) is 29.9 Å². The van der Waals surface area contributed by atoms with Crippen LogP contribution in [0.4, 0.5) is 5.69 Å². The third kappa shape index (κ3) is 1.35. The molecular formula is C10H6N3O2-. The lowest BCUT2D eigenvalue weighted by Crippen LogP contribution is -2.15. The van der Waals surface area contributed by atoms with E-state index >= 15 is 0 Å². The fraction of sp³-hybridized carbons (Fsp3) is 0.300. The molecule has 2 rings (SSSR count). The first-order valence-corrected chi connectivity index (χ1v) is 4.43. The fourth-order valence-electron chi connectivity index (χ4n) is 1.58. The van der Waals surface area contributed by atoms with Gasteiger partial charge >= 0.3 is 0 Å². The second kappa shape index (κ2) is 3.14. The van der Waals surface area contributed by atoms with E-state index in [2.05, 4.69) is 4.85 Å². The highest BCUT2D eigenvalue weighted by molar-refractivity contribution is 5.65. The van der Waals surface area contributed by atoms with E-state index in [4.69, 9.17) is 11.8 Å². The predicted octanol–water partition coefficient (Wildman–Crippen LogP) is 0.748. The van der Waals surface area contributed by atoms with Gasteiger partial charge in [-0.1, -0.05) is 0 Å². The van der Waals surface area contributed by atoms with Crippen LogP contribution in [0, 0.1) is 17.9 Å². The predicted molar refractivity (Wildman–Crippen MR) is 49.5 cm³/mol. The Morgan fingerprint density at radius 3 is 2.73 bits per heavy atom. The highest BCUT2D eigenvalue weighted by Crippen LogP contribution is 2.46. The maximum atomic E-state index is 11.3. The monoisotopic (exact) mass is 200 g/mol. The lowest BCUT2D eigenvalue weighted by atomic mass is 10.0. The van der Waals surface area contributed by atoms with Crippen LogP contribution in [-0.4, -0.2) is 4.98 Å². The Balaban J connectivity index is 2.82. The van der Waals surface area contributed by atoms with Gasteiger partial charge in [-0.2, -0.15) is 5.26 Å². The van der Waals surface area contributed by atoms with Crippen LogP contribution in [-0.2, 0) is 0 Å². The number of aromatic nitrogens is 1. The summed E-state index contributed by atoms with van der Waals surface area (Å²) in [4.78, 5) is 16.4. The highest BCUT2D eigenvalue weighted by Gasteiger charge is 2.30. The Morgan fingerprint density at radius 2 is 2.27 bits per heavy atom. The minimum Gasteiger partial charge on any atom is -0.869 e. The molecule has 0 bridgehead atoms. The van der Waals surface area contributed by atoms with Crippen molar-refractivity contribution in [1.82, 2.24) is 4.98 Å². The SMILES string of the molecule is [C-]#[N+]c1c([O-])[nH]c(=O)c(C#N)c1C1CC1. The lowest BCUT2D eigenvalue weighted by Gasteiger charge is -2.12. The summed E-state index contributed by atoms with van der Waals surface area (Å²) < 4.78 is 0. The number of H-pyrrole nitrogens is 1. The van der Waals surface area contributed by atoms with E-state index in [-0.39, 0.29) is 17.2 Å². The quantitative estimate of drug-likeness (QED) is 0.679. The fourth-order valence-corrected chi connectivity index (χ4v) is 1.58. The van der Waals surface area contributed by atoms with Crippen molar-refractivity contribution in [3.8, 4) is 11.9 Å². The van der Waals surface area contributed by atoms with Crippen molar-refractivity contribution in [2.75, 3.05) is 0 Å². The number of rotatable bonds is 1. The van der Waals surface area contributed by atoms with Crippen molar-refractivity contribution in [3.63, 3.8) is 0 Å². The molecule has 0 atom stereocenters. The van der Waals surface area contributed by atoms with E-state index in [0.29, 0.717) is 5.56 Å². The Hall–Kier alpha value is -2.27. The lowest BCUT2D eigenvalue weighted by molar-refractivity contribution is -0.273. The van der Waals surface area contributed by atoms with E-state index < -0.39 is 11.4 Å². The molecule has 0 aliphatic heterocycles. The van der Waals surface area contributed by atoms with Crippen molar-refractivity contribution < 1.29 is 5.11 Å². The number of nitriles is 1. The van der Waals surface area contributed by atoms with Gasteiger partial charge in [-0.15, -0.1) is 0 Å². The summed E-state index contributed by atoms with van der Waals surface area (Å²) in [5, 5.41) is 20.1. The molecule has 1 aromatic rings. The summed E-state index contributed by atoms with van der Waals surface area (Å²) in [6.45, 7) is 6.88. The summed E-state index contributed by atoms with van der Waals surface area (Å²) in [6, 6.07) is 1.76. The number of aromatic amines is 1. The smallest absolute Gasteiger partial charge is 0.263 e. The Bertz CT molecular complexity index is 556. The average Bonchev–Trinajstić information content (AvgIpc) is 3.00. The van der Waals surface area contributed by atoms with Gasteiger partial charge in [0.25, 0.3) is 5.56 Å². The summed E-state index contributed by atoms with van der Waals surface area (Å²) in [5.74, 6) is -0.644. The van der Waals surface area contributed by atoms with Gasteiger partial charge in [0.15, 0.2) is 5.69 Å². The number of nitrogens with one attached hydrogen (secondary N) is 1. The first-order chi connectivity index (χ1) is 7.19. The zero-order chi connectivity index (χ0) is 11.0. The zero-order valence-electron chi connectivity index (χ0n) is 7.70. The molecule has 1 aliphatic rings. The molecule has 1 N–H and O–H groups in total. The number of pyridine rings is 1. The van der Waals surface area contributed by atoms with Gasteiger partial charge in [0.05, 0.1) is 6.57 Å². The van der Waals surface area contributed by atoms with Crippen LogP contribution in [0.3, 0.4) is 0 Å². The van der Waals surface area contributed by atoms with Crippen molar-refractivity contribution in [3.05, 3.63) is 32.9 Å². The molecule has 1 fully saturated rings. The molecule has 0 radical (unpaired) electrons. The van der Waals surface area contributed by atoms with Crippen LogP contribution in [0.5, 0.6) is 5.88 Å². The maximum Gasteiger partial charge on any atom is 0.263 e. The van der Waals surface area contributed by atoms with Crippen LogP contribution in [0.2, 0.25) is 0 Å². The van der Waals surface area contributed by atoms with Gasteiger partial charge in [-0.05, 0) is 30.2 Å². The van der Waals surface area contributed by atoms with Crippen LogP contribution >= 0.6 is 0 Å². The minimum absolute atomic E-state index is 0.0405. The third-order valence-electron chi connectivity index (χ3n) is 2.40. The van der Waals surface area contributed by atoms with E-state index in [9.17, 15) is 9.90 Å². The topological polar surface area (TPSA) is 84.1 Å². The summed E-state index contributed by atoms with van der Waals surface area (Å²) in [5.41, 5.74) is -0.519. The molecule has 1 aromatic heterocycles. The Labute approximate surface area is 85.4 Å². The number of hydrogen-bond donors (Lipinski definition) is 1. The van der Waals surface area contributed by atoms with Gasteiger partial charge in [0.2, 0.25) is 0 Å². The van der Waals surface area contributed by atoms with Gasteiger partial charge in [-0.25, -0.2) is 4.85 Å². The maximum absolute atomic E-state index is 11.3. The number of nitrogens with zero attached hydrogens (tertiary/aromatic N) is 2. The molecular weight excluding hydrogens is 194 g/mol. The van der Waals surface area contributed by atoms with Gasteiger partial charge in [0.1, 0.15) is 11.6 Å². The molecule has 0 saturated heterocycles. The van der Waals surface area contributed by atoms with Crippen molar-refractivity contribution >= 4 is 5.69 Å². The molecule has 1 heterocycles. The molecule has 0 aromatic carbocycles. The largest absolute Gasteiger partial charge is 0.869 e. The highest BCUT2D eigenvalue weighted by atomic mass is 16.3. The molecule has 15 heavy (non-hydrogen) atoms. The minimum atomic E-state index is -0.684. The molecule has 74 valence electrons. The zero-order valence-corrected chi connectivity index (χ0v) is 7.70. The van der Waals surface area contributed by atoms with Crippen molar-refractivity contribution in [1.29, 1.82) is 5.26 Å². The summed E-state index contributed by atoms with van der Waals surface area (Å²) >= 11 is 0. The van der Waals surface area contributed by atoms with Crippen LogP contribution < -0.4 is 10.7 Å². The molecule has 0 spiro atoms.